The van der Waals surface area contributed by atoms with E-state index in [1.165, 1.54) is 0 Å². The van der Waals surface area contributed by atoms with E-state index in [4.69, 9.17) is 0 Å². The number of anilines is 3. The zero-order chi connectivity index (χ0) is 14.6. The first-order chi connectivity index (χ1) is 9.48. The van der Waals surface area contributed by atoms with Crippen molar-refractivity contribution in [3.05, 3.63) is 48.2 Å². The quantitative estimate of drug-likeness (QED) is 0.888. The van der Waals surface area contributed by atoms with E-state index in [0.29, 0.717) is 5.82 Å². The second-order valence-corrected chi connectivity index (χ2v) is 6.44. The number of rotatable bonds is 5. The van der Waals surface area contributed by atoms with Crippen LogP contribution in [-0.2, 0) is 10.0 Å². The van der Waals surface area contributed by atoms with Crippen molar-refractivity contribution in [1.82, 2.24) is 4.98 Å². The van der Waals surface area contributed by atoms with E-state index in [9.17, 15) is 8.42 Å². The molecule has 0 saturated heterocycles. The van der Waals surface area contributed by atoms with Gasteiger partial charge in [-0.3, -0.25) is 4.72 Å². The summed E-state index contributed by atoms with van der Waals surface area (Å²) in [6.45, 7) is 3.60. The molecule has 0 unspecified atom stereocenters. The molecule has 0 atom stereocenters. The Kier molecular flexibility index (Phi) is 4.24. The van der Waals surface area contributed by atoms with Gasteiger partial charge in [-0.2, -0.15) is 0 Å². The standard InChI is InChI=1S/C14H17N3O2S/c1-3-20(18,19)17-14-8-7-13(10-15-14)16-12-6-4-5-11(2)9-12/h4-10,16H,3H2,1-2H3,(H,15,17). The Bertz CT molecular complexity index is 682. The van der Waals surface area contributed by atoms with Gasteiger partial charge in [0.15, 0.2) is 0 Å². The number of hydrogen-bond acceptors (Lipinski definition) is 4. The zero-order valence-corrected chi connectivity index (χ0v) is 12.2. The molecule has 0 aliphatic rings. The Labute approximate surface area is 119 Å². The second kappa shape index (κ2) is 5.92. The first-order valence-corrected chi connectivity index (χ1v) is 7.94. The molecule has 0 aliphatic heterocycles. The topological polar surface area (TPSA) is 71.1 Å². The van der Waals surface area contributed by atoms with Crippen LogP contribution >= 0.6 is 0 Å². The minimum atomic E-state index is -3.28. The van der Waals surface area contributed by atoms with Crippen LogP contribution in [-0.4, -0.2) is 19.2 Å². The summed E-state index contributed by atoms with van der Waals surface area (Å²) >= 11 is 0. The third-order valence-corrected chi connectivity index (χ3v) is 3.99. The molecule has 0 radical (unpaired) electrons. The molecule has 0 aliphatic carbocycles. The molecule has 6 heteroatoms. The third kappa shape index (κ3) is 3.96. The Morgan fingerprint density at radius 2 is 1.95 bits per heavy atom. The van der Waals surface area contributed by atoms with Crippen molar-refractivity contribution in [3.8, 4) is 0 Å². The molecule has 2 N–H and O–H groups in total. The highest BCUT2D eigenvalue weighted by atomic mass is 32.2. The van der Waals surface area contributed by atoms with Crippen LogP contribution in [0.3, 0.4) is 0 Å². The van der Waals surface area contributed by atoms with E-state index in [0.717, 1.165) is 16.9 Å². The maximum Gasteiger partial charge on any atom is 0.233 e. The first kappa shape index (κ1) is 14.3. The normalized spacial score (nSPS) is 11.1. The van der Waals surface area contributed by atoms with Crippen LogP contribution in [0.25, 0.3) is 0 Å². The number of pyridine rings is 1. The van der Waals surface area contributed by atoms with E-state index in [1.807, 2.05) is 31.2 Å². The summed E-state index contributed by atoms with van der Waals surface area (Å²) in [7, 11) is -3.28. The Morgan fingerprint density at radius 3 is 2.55 bits per heavy atom. The van der Waals surface area contributed by atoms with Crippen molar-refractivity contribution < 1.29 is 8.42 Å². The van der Waals surface area contributed by atoms with Crippen LogP contribution in [0.15, 0.2) is 42.6 Å². The maximum atomic E-state index is 11.4. The molecular formula is C14H17N3O2S. The lowest BCUT2D eigenvalue weighted by molar-refractivity contribution is 0.602. The van der Waals surface area contributed by atoms with E-state index < -0.39 is 10.0 Å². The van der Waals surface area contributed by atoms with Crippen LogP contribution in [0, 0.1) is 6.92 Å². The largest absolute Gasteiger partial charge is 0.354 e. The first-order valence-electron chi connectivity index (χ1n) is 6.29. The van der Waals surface area contributed by atoms with Gasteiger partial charge in [-0.1, -0.05) is 12.1 Å². The van der Waals surface area contributed by atoms with Gasteiger partial charge in [-0.25, -0.2) is 13.4 Å². The molecule has 1 aromatic carbocycles. The number of aryl methyl sites for hydroxylation is 1. The molecule has 2 aromatic rings. The van der Waals surface area contributed by atoms with Crippen LogP contribution in [0.1, 0.15) is 12.5 Å². The Hall–Kier alpha value is -2.08. The van der Waals surface area contributed by atoms with E-state index in [1.54, 1.807) is 25.3 Å². The zero-order valence-electron chi connectivity index (χ0n) is 11.4. The second-order valence-electron chi connectivity index (χ2n) is 4.43. The predicted octanol–water partition coefficient (Wildman–Crippen LogP) is 2.90. The predicted molar refractivity (Wildman–Crippen MR) is 81.8 cm³/mol. The van der Waals surface area contributed by atoms with Crippen molar-refractivity contribution in [2.45, 2.75) is 13.8 Å². The van der Waals surface area contributed by atoms with Gasteiger partial charge >= 0.3 is 0 Å². The van der Waals surface area contributed by atoms with Crippen LogP contribution in [0.4, 0.5) is 17.2 Å². The minimum absolute atomic E-state index is 0.0258. The Balaban J connectivity index is 2.09. The van der Waals surface area contributed by atoms with E-state index >= 15 is 0 Å². The third-order valence-electron chi connectivity index (χ3n) is 2.71. The number of nitrogens with zero attached hydrogens (tertiary/aromatic N) is 1. The molecule has 0 amide bonds. The smallest absolute Gasteiger partial charge is 0.233 e. The van der Waals surface area contributed by atoms with Gasteiger partial charge in [0.2, 0.25) is 10.0 Å². The number of nitrogens with one attached hydrogen (secondary N) is 2. The fourth-order valence-corrected chi connectivity index (χ4v) is 2.23. The van der Waals surface area contributed by atoms with Gasteiger partial charge in [0.1, 0.15) is 5.82 Å². The molecule has 0 fully saturated rings. The summed E-state index contributed by atoms with van der Waals surface area (Å²) in [5, 5.41) is 3.21. The summed E-state index contributed by atoms with van der Waals surface area (Å²) in [6, 6.07) is 11.4. The Morgan fingerprint density at radius 1 is 1.15 bits per heavy atom. The van der Waals surface area contributed by atoms with Gasteiger partial charge in [0.25, 0.3) is 0 Å². The lowest BCUT2D eigenvalue weighted by atomic mass is 10.2. The summed E-state index contributed by atoms with van der Waals surface area (Å²) < 4.78 is 25.2. The van der Waals surface area contributed by atoms with Gasteiger partial charge in [0, 0.05) is 5.69 Å². The monoisotopic (exact) mass is 291 g/mol. The molecule has 5 nitrogen and oxygen atoms in total. The number of sulfonamides is 1. The van der Waals surface area contributed by atoms with Gasteiger partial charge < -0.3 is 5.32 Å². The van der Waals surface area contributed by atoms with Crippen LogP contribution in [0.5, 0.6) is 0 Å². The SMILES string of the molecule is CCS(=O)(=O)Nc1ccc(Nc2cccc(C)c2)cn1. The van der Waals surface area contributed by atoms with Crippen molar-refractivity contribution in [3.63, 3.8) is 0 Å². The number of benzene rings is 1. The van der Waals surface area contributed by atoms with Gasteiger partial charge in [-0.05, 0) is 43.7 Å². The average molecular weight is 291 g/mol. The lowest BCUT2D eigenvalue weighted by Gasteiger charge is -2.08. The summed E-state index contributed by atoms with van der Waals surface area (Å²) in [5.41, 5.74) is 2.93. The molecule has 1 aromatic heterocycles. The van der Waals surface area contributed by atoms with Gasteiger partial charge in [-0.15, -0.1) is 0 Å². The number of hydrogen-bond donors (Lipinski definition) is 2. The van der Waals surface area contributed by atoms with Crippen molar-refractivity contribution in [1.29, 1.82) is 0 Å². The molecule has 0 spiro atoms. The van der Waals surface area contributed by atoms with Crippen molar-refractivity contribution >= 4 is 27.2 Å². The highest BCUT2D eigenvalue weighted by Gasteiger charge is 2.07. The highest BCUT2D eigenvalue weighted by molar-refractivity contribution is 7.92. The minimum Gasteiger partial charge on any atom is -0.354 e. The molecule has 20 heavy (non-hydrogen) atoms. The summed E-state index contributed by atoms with van der Waals surface area (Å²) in [5.74, 6) is 0.347. The van der Waals surface area contributed by atoms with Crippen molar-refractivity contribution in [2.75, 3.05) is 15.8 Å². The van der Waals surface area contributed by atoms with Crippen molar-refractivity contribution in [2.24, 2.45) is 0 Å². The van der Waals surface area contributed by atoms with Crippen LogP contribution < -0.4 is 10.0 Å². The van der Waals surface area contributed by atoms with E-state index in [-0.39, 0.29) is 5.75 Å². The fraction of sp³-hybridized carbons (Fsp3) is 0.214. The molecule has 0 bridgehead atoms. The molecule has 106 valence electrons. The fourth-order valence-electron chi connectivity index (χ4n) is 1.65. The van der Waals surface area contributed by atoms with Gasteiger partial charge in [0.05, 0.1) is 17.6 Å². The lowest BCUT2D eigenvalue weighted by Crippen LogP contribution is -2.15. The average Bonchev–Trinajstić information content (AvgIpc) is 2.41. The molecule has 0 saturated carbocycles. The number of aromatic nitrogens is 1. The molecule has 2 rings (SSSR count). The summed E-state index contributed by atoms with van der Waals surface area (Å²) in [4.78, 5) is 4.08. The summed E-state index contributed by atoms with van der Waals surface area (Å²) in [6.07, 6.45) is 1.59. The highest BCUT2D eigenvalue weighted by Crippen LogP contribution is 2.18. The maximum absolute atomic E-state index is 11.4. The van der Waals surface area contributed by atoms with Crippen LogP contribution in [0.2, 0.25) is 0 Å². The van der Waals surface area contributed by atoms with E-state index in [2.05, 4.69) is 15.0 Å². The molecular weight excluding hydrogens is 274 g/mol. The molecule has 1 heterocycles.